The molecule has 4 heterocycles. The fourth-order valence-corrected chi connectivity index (χ4v) is 6.62. The molecule has 11 heteroatoms. The fraction of sp³-hybridized carbons (Fsp3) is 0.318. The number of rotatable bonds is 4. The number of piperidine rings is 1. The van der Waals surface area contributed by atoms with E-state index < -0.39 is 19.1 Å². The van der Waals surface area contributed by atoms with Crippen LogP contribution in [0.5, 0.6) is 0 Å². The van der Waals surface area contributed by atoms with E-state index in [0.29, 0.717) is 34.1 Å². The predicted octanol–water partition coefficient (Wildman–Crippen LogP) is 4.37. The predicted molar refractivity (Wildman–Crippen MR) is 128 cm³/mol. The van der Waals surface area contributed by atoms with Crippen LogP contribution in [0.2, 0.25) is 0 Å². The number of benzene rings is 1. The topological polar surface area (TPSA) is 106 Å². The maximum Gasteiger partial charge on any atom is 0.262 e. The Bertz CT molecular complexity index is 1470. The smallest absolute Gasteiger partial charge is 0.262 e. The van der Waals surface area contributed by atoms with Gasteiger partial charge in [-0.2, -0.15) is 5.26 Å². The summed E-state index contributed by atoms with van der Waals surface area (Å²) in [4.78, 5) is 12.4. The van der Waals surface area contributed by atoms with Gasteiger partial charge >= 0.3 is 0 Å². The Kier molecular flexibility index (Phi) is 5.24. The molecule has 7 nitrogen and oxygen atoms in total. The van der Waals surface area contributed by atoms with Crippen molar-refractivity contribution >= 4 is 50.9 Å². The van der Waals surface area contributed by atoms with Crippen LogP contribution in [0.4, 0.5) is 14.7 Å². The maximum absolute atomic E-state index is 13.8. The molecule has 0 aliphatic carbocycles. The number of hydrogen-bond acceptors (Lipinski definition) is 7. The highest BCUT2D eigenvalue weighted by Gasteiger charge is 2.36. The van der Waals surface area contributed by atoms with E-state index in [9.17, 15) is 18.6 Å². The minimum atomic E-state index is -2.79. The lowest BCUT2D eigenvalue weighted by Gasteiger charge is -2.30. The zero-order chi connectivity index (χ0) is 23.4. The second-order valence-corrected chi connectivity index (χ2v) is 12.7. The van der Waals surface area contributed by atoms with E-state index in [0.717, 1.165) is 15.6 Å². The Labute approximate surface area is 192 Å². The van der Waals surface area contributed by atoms with Gasteiger partial charge in [-0.15, -0.1) is 11.3 Å². The quantitative estimate of drug-likeness (QED) is 0.370. The van der Waals surface area contributed by atoms with E-state index in [4.69, 9.17) is 4.98 Å². The zero-order valence-electron chi connectivity index (χ0n) is 17.9. The van der Waals surface area contributed by atoms with Crippen molar-refractivity contribution in [3.63, 3.8) is 0 Å². The molecule has 33 heavy (non-hydrogen) atoms. The molecular weight excluding hydrogens is 465 g/mol. The van der Waals surface area contributed by atoms with Gasteiger partial charge in [0.2, 0.25) is 5.95 Å². The summed E-state index contributed by atoms with van der Waals surface area (Å²) in [6.45, 7) is 3.34. The standard InChI is InChI=1S/C22H21F2N6OPS/c1-32(2,31)19-12(8-25)3-4-14-15(10-27-17(14)19)18-20-16(5-6-33-20)29-21(30-18)28-13-7-22(23,24)11-26-9-13/h3-6,10,13,26-27H,7,9,11H2,1-2H3,(H,28,29,30). The van der Waals surface area contributed by atoms with Crippen LogP contribution in [0.15, 0.2) is 29.8 Å². The van der Waals surface area contributed by atoms with E-state index in [2.05, 4.69) is 26.7 Å². The Morgan fingerprint density at radius 1 is 1.30 bits per heavy atom. The highest BCUT2D eigenvalue weighted by atomic mass is 32.1. The number of hydrogen-bond donors (Lipinski definition) is 3. The van der Waals surface area contributed by atoms with Gasteiger partial charge in [0, 0.05) is 36.2 Å². The van der Waals surface area contributed by atoms with Crippen molar-refractivity contribution in [1.29, 1.82) is 5.26 Å². The van der Waals surface area contributed by atoms with Crippen molar-refractivity contribution in [2.24, 2.45) is 0 Å². The second-order valence-electron chi connectivity index (χ2n) is 8.61. The molecule has 1 aromatic carbocycles. The van der Waals surface area contributed by atoms with Crippen molar-refractivity contribution in [2.75, 3.05) is 31.7 Å². The van der Waals surface area contributed by atoms with Crippen molar-refractivity contribution in [3.05, 3.63) is 35.3 Å². The largest absolute Gasteiger partial charge is 0.360 e. The molecular formula is C22H21F2N6OPS. The van der Waals surface area contributed by atoms with Crippen molar-refractivity contribution in [1.82, 2.24) is 20.3 Å². The maximum atomic E-state index is 13.8. The number of nitrogens with zero attached hydrogens (tertiary/aromatic N) is 3. The molecule has 4 aromatic rings. The summed E-state index contributed by atoms with van der Waals surface area (Å²) in [5.74, 6) is -2.51. The van der Waals surface area contributed by atoms with Crippen molar-refractivity contribution < 1.29 is 13.3 Å². The van der Waals surface area contributed by atoms with Crippen LogP contribution in [0, 0.1) is 11.3 Å². The van der Waals surface area contributed by atoms with Gasteiger partial charge in [-0.25, -0.2) is 18.7 Å². The zero-order valence-corrected chi connectivity index (χ0v) is 19.7. The Balaban J connectivity index is 1.64. The summed E-state index contributed by atoms with van der Waals surface area (Å²) in [5.41, 5.74) is 3.15. The number of thiophene rings is 1. The average Bonchev–Trinajstić information content (AvgIpc) is 3.37. The van der Waals surface area contributed by atoms with E-state index in [1.807, 2.05) is 17.5 Å². The molecule has 1 aliphatic heterocycles. The van der Waals surface area contributed by atoms with Gasteiger partial charge in [0.15, 0.2) is 0 Å². The lowest BCUT2D eigenvalue weighted by atomic mass is 10.0. The molecule has 1 aliphatic rings. The Morgan fingerprint density at radius 3 is 2.85 bits per heavy atom. The third-order valence-corrected chi connectivity index (χ3v) is 8.15. The molecule has 1 unspecified atom stereocenters. The van der Waals surface area contributed by atoms with Crippen LogP contribution in [-0.2, 0) is 4.57 Å². The number of aromatic amines is 1. The van der Waals surface area contributed by atoms with Gasteiger partial charge in [-0.3, -0.25) is 0 Å². The van der Waals surface area contributed by atoms with Crippen LogP contribution in [-0.4, -0.2) is 53.3 Å². The summed E-state index contributed by atoms with van der Waals surface area (Å²) in [6.07, 6.45) is 1.49. The molecule has 0 bridgehead atoms. The summed E-state index contributed by atoms with van der Waals surface area (Å²) in [7, 11) is -2.75. The molecule has 3 aromatic heterocycles. The molecule has 3 N–H and O–H groups in total. The van der Waals surface area contributed by atoms with Crippen LogP contribution in [0.3, 0.4) is 0 Å². The highest BCUT2D eigenvalue weighted by molar-refractivity contribution is 7.70. The van der Waals surface area contributed by atoms with Gasteiger partial charge < -0.3 is 20.2 Å². The van der Waals surface area contributed by atoms with Gasteiger partial charge in [0.05, 0.1) is 44.9 Å². The van der Waals surface area contributed by atoms with E-state index in [1.165, 1.54) is 11.3 Å². The van der Waals surface area contributed by atoms with E-state index in [-0.39, 0.29) is 18.9 Å². The van der Waals surface area contributed by atoms with Gasteiger partial charge in [-0.1, -0.05) is 6.07 Å². The summed E-state index contributed by atoms with van der Waals surface area (Å²) >= 11 is 1.49. The van der Waals surface area contributed by atoms with Crippen molar-refractivity contribution in [3.8, 4) is 17.3 Å². The number of fused-ring (bicyclic) bond motifs is 2. The van der Waals surface area contributed by atoms with Crippen LogP contribution >= 0.6 is 18.5 Å². The lowest BCUT2D eigenvalue weighted by molar-refractivity contribution is -0.0244. The average molecular weight is 486 g/mol. The molecule has 0 radical (unpaired) electrons. The first kappa shape index (κ1) is 22.0. The molecule has 0 spiro atoms. The number of nitrogens with one attached hydrogen (secondary N) is 3. The van der Waals surface area contributed by atoms with Crippen molar-refractivity contribution in [2.45, 2.75) is 18.4 Å². The van der Waals surface area contributed by atoms with Crippen LogP contribution in [0.25, 0.3) is 32.4 Å². The SMILES string of the molecule is CP(C)(=O)c1c(C#N)ccc2c(-c3nc(NC4CNCC(F)(F)C4)nc4ccsc34)c[nH]c12. The number of alkyl halides is 2. The third kappa shape index (κ3) is 4.01. The Hall–Kier alpha value is -2.86. The number of H-pyrrole nitrogens is 1. The molecule has 1 atom stereocenters. The number of anilines is 1. The van der Waals surface area contributed by atoms with Crippen LogP contribution in [0.1, 0.15) is 12.0 Å². The fourth-order valence-electron chi connectivity index (χ4n) is 4.36. The summed E-state index contributed by atoms with van der Waals surface area (Å²) in [6, 6.07) is 6.99. The van der Waals surface area contributed by atoms with E-state index in [1.54, 1.807) is 25.6 Å². The van der Waals surface area contributed by atoms with E-state index >= 15 is 0 Å². The van der Waals surface area contributed by atoms with Gasteiger partial charge in [0.1, 0.15) is 7.14 Å². The highest BCUT2D eigenvalue weighted by Crippen LogP contribution is 2.42. The lowest BCUT2D eigenvalue weighted by Crippen LogP contribution is -2.49. The summed E-state index contributed by atoms with van der Waals surface area (Å²) < 4.78 is 41.5. The first-order valence-electron chi connectivity index (χ1n) is 10.4. The Morgan fingerprint density at radius 2 is 2.12 bits per heavy atom. The minimum absolute atomic E-state index is 0.278. The molecule has 1 fully saturated rings. The monoisotopic (exact) mass is 486 g/mol. The normalized spacial score (nSPS) is 18.5. The number of aromatic nitrogens is 3. The minimum Gasteiger partial charge on any atom is -0.360 e. The molecule has 1 saturated heterocycles. The molecule has 0 amide bonds. The third-order valence-electron chi connectivity index (χ3n) is 5.70. The van der Waals surface area contributed by atoms with Gasteiger partial charge in [-0.05, 0) is 30.8 Å². The molecule has 0 saturated carbocycles. The molecule has 170 valence electrons. The second kappa shape index (κ2) is 7.87. The van der Waals surface area contributed by atoms with Crippen LogP contribution < -0.4 is 15.9 Å². The first-order chi connectivity index (χ1) is 15.7. The molecule has 5 rings (SSSR count). The number of halogens is 2. The summed E-state index contributed by atoms with van der Waals surface area (Å²) in [5, 5.41) is 18.6. The number of nitriles is 1. The first-order valence-corrected chi connectivity index (χ1v) is 13.8. The van der Waals surface area contributed by atoms with Gasteiger partial charge in [0.25, 0.3) is 5.92 Å².